The molecule has 27 heavy (non-hydrogen) atoms. The van der Waals surface area contributed by atoms with E-state index in [1.54, 1.807) is 0 Å². The molecular weight excluding hydrogens is 330 g/mol. The third-order valence-corrected chi connectivity index (χ3v) is 4.92. The van der Waals surface area contributed by atoms with Crippen LogP contribution in [0, 0.1) is 6.92 Å². The smallest absolute Gasteiger partial charge is 0.120 e. The Morgan fingerprint density at radius 3 is 2.33 bits per heavy atom. The first kappa shape index (κ1) is 19.2. The van der Waals surface area contributed by atoms with Crippen molar-refractivity contribution < 1.29 is 4.74 Å². The Morgan fingerprint density at radius 2 is 1.59 bits per heavy atom. The van der Waals surface area contributed by atoms with Gasteiger partial charge in [-0.1, -0.05) is 68.4 Å². The summed E-state index contributed by atoms with van der Waals surface area (Å²) in [6.45, 7) is 7.81. The molecule has 0 atom stereocenters. The highest BCUT2D eigenvalue weighted by Crippen LogP contribution is 2.32. The number of hydrogen-bond donors (Lipinski definition) is 1. The summed E-state index contributed by atoms with van der Waals surface area (Å²) in [6.07, 6.45) is 0.860. The van der Waals surface area contributed by atoms with Crippen molar-refractivity contribution in [2.45, 2.75) is 39.7 Å². The molecule has 0 saturated heterocycles. The number of aryl methyl sites for hydroxylation is 1. The van der Waals surface area contributed by atoms with Gasteiger partial charge in [0.05, 0.1) is 6.61 Å². The van der Waals surface area contributed by atoms with E-state index in [1.165, 1.54) is 33.4 Å². The molecule has 140 valence electrons. The Bertz CT molecular complexity index is 898. The summed E-state index contributed by atoms with van der Waals surface area (Å²) in [5, 5.41) is 0. The first-order valence-electron chi connectivity index (χ1n) is 9.69. The van der Waals surface area contributed by atoms with Crippen LogP contribution in [-0.2, 0) is 13.0 Å². The highest BCUT2D eigenvalue weighted by Gasteiger charge is 2.10. The SMILES string of the molecule is Cc1cc(OCCc2ccccc2CN)cc(-c2ccccc2C(C)C)c1. The molecule has 0 fully saturated rings. The largest absolute Gasteiger partial charge is 0.493 e. The van der Waals surface area contributed by atoms with Crippen molar-refractivity contribution in [3.63, 3.8) is 0 Å². The minimum atomic E-state index is 0.485. The van der Waals surface area contributed by atoms with Gasteiger partial charge >= 0.3 is 0 Å². The summed E-state index contributed by atoms with van der Waals surface area (Å²) in [5.74, 6) is 1.41. The van der Waals surface area contributed by atoms with E-state index in [1.807, 2.05) is 6.07 Å². The predicted molar refractivity (Wildman–Crippen MR) is 114 cm³/mol. The van der Waals surface area contributed by atoms with Crippen molar-refractivity contribution in [3.05, 3.63) is 89.0 Å². The third kappa shape index (κ3) is 4.78. The average molecular weight is 360 g/mol. The fraction of sp³-hybridized carbons (Fsp3) is 0.280. The van der Waals surface area contributed by atoms with Crippen LogP contribution >= 0.6 is 0 Å². The maximum atomic E-state index is 6.11. The lowest BCUT2D eigenvalue weighted by atomic mass is 9.92. The van der Waals surface area contributed by atoms with Crippen molar-refractivity contribution in [2.75, 3.05) is 6.61 Å². The Kier molecular flexibility index (Phi) is 6.31. The molecule has 2 heteroatoms. The Hall–Kier alpha value is -2.58. The Balaban J connectivity index is 1.78. The van der Waals surface area contributed by atoms with Crippen molar-refractivity contribution in [1.82, 2.24) is 0 Å². The number of hydrogen-bond acceptors (Lipinski definition) is 2. The molecule has 0 radical (unpaired) electrons. The second-order valence-corrected chi connectivity index (χ2v) is 7.35. The first-order chi connectivity index (χ1) is 13.1. The summed E-state index contributed by atoms with van der Waals surface area (Å²) in [4.78, 5) is 0. The lowest BCUT2D eigenvalue weighted by Crippen LogP contribution is -2.06. The normalized spacial score (nSPS) is 11.0. The molecule has 0 aliphatic rings. The summed E-state index contributed by atoms with van der Waals surface area (Å²) in [6, 6.07) is 23.4. The predicted octanol–water partition coefficient (Wildman–Crippen LogP) is 5.87. The molecule has 0 unspecified atom stereocenters. The molecule has 0 aromatic heterocycles. The van der Waals surface area contributed by atoms with Crippen LogP contribution in [0.15, 0.2) is 66.7 Å². The summed E-state index contributed by atoms with van der Waals surface area (Å²) in [7, 11) is 0. The summed E-state index contributed by atoms with van der Waals surface area (Å²) in [5.41, 5.74) is 13.4. The van der Waals surface area contributed by atoms with Gasteiger partial charge in [0.25, 0.3) is 0 Å². The van der Waals surface area contributed by atoms with Gasteiger partial charge in [-0.2, -0.15) is 0 Å². The topological polar surface area (TPSA) is 35.2 Å². The van der Waals surface area contributed by atoms with Gasteiger partial charge in [0.2, 0.25) is 0 Å². The monoisotopic (exact) mass is 359 g/mol. The quantitative estimate of drug-likeness (QED) is 0.573. The van der Waals surface area contributed by atoms with Gasteiger partial charge in [-0.25, -0.2) is 0 Å². The Morgan fingerprint density at radius 1 is 0.889 bits per heavy atom. The summed E-state index contributed by atoms with van der Waals surface area (Å²) >= 11 is 0. The number of ether oxygens (including phenoxy) is 1. The first-order valence-corrected chi connectivity index (χ1v) is 9.69. The minimum Gasteiger partial charge on any atom is -0.493 e. The van der Waals surface area contributed by atoms with Crippen LogP contribution in [0.25, 0.3) is 11.1 Å². The fourth-order valence-corrected chi connectivity index (χ4v) is 3.53. The van der Waals surface area contributed by atoms with E-state index in [-0.39, 0.29) is 0 Å². The van der Waals surface area contributed by atoms with Crippen LogP contribution in [0.2, 0.25) is 0 Å². The number of benzene rings is 3. The van der Waals surface area contributed by atoms with E-state index in [0.29, 0.717) is 19.1 Å². The molecule has 0 aliphatic heterocycles. The lowest BCUT2D eigenvalue weighted by Gasteiger charge is -2.15. The van der Waals surface area contributed by atoms with Crippen LogP contribution in [0.3, 0.4) is 0 Å². The van der Waals surface area contributed by atoms with Crippen molar-refractivity contribution >= 4 is 0 Å². The maximum Gasteiger partial charge on any atom is 0.120 e. The van der Waals surface area contributed by atoms with Crippen molar-refractivity contribution in [2.24, 2.45) is 5.73 Å². The van der Waals surface area contributed by atoms with Crippen LogP contribution < -0.4 is 10.5 Å². The molecule has 3 aromatic rings. The van der Waals surface area contributed by atoms with Crippen LogP contribution in [-0.4, -0.2) is 6.61 Å². The van der Waals surface area contributed by atoms with E-state index in [2.05, 4.69) is 81.4 Å². The van der Waals surface area contributed by atoms with Gasteiger partial charge in [-0.3, -0.25) is 0 Å². The summed E-state index contributed by atoms with van der Waals surface area (Å²) < 4.78 is 6.11. The molecule has 0 saturated carbocycles. The molecule has 0 spiro atoms. The molecule has 0 aliphatic carbocycles. The van der Waals surface area contributed by atoms with E-state index in [9.17, 15) is 0 Å². The van der Waals surface area contributed by atoms with Gasteiger partial charge in [0.15, 0.2) is 0 Å². The van der Waals surface area contributed by atoms with Crippen LogP contribution in [0.1, 0.15) is 42.0 Å². The highest BCUT2D eigenvalue weighted by atomic mass is 16.5. The minimum absolute atomic E-state index is 0.485. The van der Waals surface area contributed by atoms with Crippen LogP contribution in [0.4, 0.5) is 0 Å². The molecule has 3 rings (SSSR count). The zero-order chi connectivity index (χ0) is 19.2. The molecular formula is C25H29NO. The number of rotatable bonds is 7. The standard InChI is InChI=1S/C25H29NO/c1-18(2)24-10-6-7-11-25(24)22-14-19(3)15-23(16-22)27-13-12-20-8-4-5-9-21(20)17-26/h4-11,14-16,18H,12-13,17,26H2,1-3H3. The second kappa shape index (κ2) is 8.88. The Labute approximate surface area is 163 Å². The number of nitrogens with two attached hydrogens (primary N) is 1. The molecule has 0 heterocycles. The zero-order valence-corrected chi connectivity index (χ0v) is 16.5. The van der Waals surface area contributed by atoms with E-state index in [4.69, 9.17) is 10.5 Å². The zero-order valence-electron chi connectivity index (χ0n) is 16.5. The van der Waals surface area contributed by atoms with E-state index < -0.39 is 0 Å². The van der Waals surface area contributed by atoms with Crippen molar-refractivity contribution in [3.8, 4) is 16.9 Å². The third-order valence-electron chi connectivity index (χ3n) is 4.92. The average Bonchev–Trinajstić information content (AvgIpc) is 2.68. The lowest BCUT2D eigenvalue weighted by molar-refractivity contribution is 0.321. The van der Waals surface area contributed by atoms with E-state index >= 15 is 0 Å². The van der Waals surface area contributed by atoms with Gasteiger partial charge < -0.3 is 10.5 Å². The molecule has 2 N–H and O–H groups in total. The molecule has 0 bridgehead atoms. The molecule has 2 nitrogen and oxygen atoms in total. The highest BCUT2D eigenvalue weighted by molar-refractivity contribution is 5.70. The second-order valence-electron chi connectivity index (χ2n) is 7.35. The van der Waals surface area contributed by atoms with Gasteiger partial charge in [-0.15, -0.1) is 0 Å². The molecule has 3 aromatic carbocycles. The van der Waals surface area contributed by atoms with Gasteiger partial charge in [0.1, 0.15) is 5.75 Å². The van der Waals surface area contributed by atoms with Crippen LogP contribution in [0.5, 0.6) is 5.75 Å². The molecule has 0 amide bonds. The van der Waals surface area contributed by atoms with E-state index in [0.717, 1.165) is 12.2 Å². The maximum absolute atomic E-state index is 6.11. The van der Waals surface area contributed by atoms with Crippen molar-refractivity contribution in [1.29, 1.82) is 0 Å². The van der Waals surface area contributed by atoms with Gasteiger partial charge in [-0.05, 0) is 58.4 Å². The van der Waals surface area contributed by atoms with Gasteiger partial charge in [0, 0.05) is 13.0 Å². The fourth-order valence-electron chi connectivity index (χ4n) is 3.53.